The second-order valence-electron chi connectivity index (χ2n) is 4.94. The Morgan fingerprint density at radius 1 is 1.33 bits per heavy atom. The molecule has 0 heterocycles. The summed E-state index contributed by atoms with van der Waals surface area (Å²) in [5, 5.41) is 6.89. The van der Waals surface area contributed by atoms with E-state index in [1.807, 2.05) is 20.8 Å². The average molecular weight is 212 g/mol. The minimum Gasteiger partial charge on any atom is -0.483 e. The molecule has 0 aromatic heterocycles. The van der Waals surface area contributed by atoms with Gasteiger partial charge in [-0.25, -0.2) is 0 Å². The number of carboxylic acid groups (broad SMARTS) is 1. The lowest BCUT2D eigenvalue weighted by atomic mass is 9.70. The molecule has 0 aromatic carbocycles. The molecule has 2 aliphatic carbocycles. The average Bonchev–Trinajstić information content (AvgIpc) is 2.43. The molecule has 0 radical (unpaired) electrons. The lowest BCUT2D eigenvalue weighted by Crippen LogP contribution is -2.33. The van der Waals surface area contributed by atoms with Crippen molar-refractivity contribution in [2.24, 2.45) is 16.7 Å². The lowest BCUT2D eigenvalue weighted by Gasteiger charge is -2.31. The first-order chi connectivity index (χ1) is 6.82. The molecule has 0 saturated heterocycles. The Morgan fingerprint density at radius 3 is 2.00 bits per heavy atom. The van der Waals surface area contributed by atoms with E-state index in [4.69, 9.17) is 9.90 Å². The predicted molar refractivity (Wildman–Crippen MR) is 53.3 cm³/mol. The second-order valence-corrected chi connectivity index (χ2v) is 4.94. The molecule has 2 atom stereocenters. The van der Waals surface area contributed by atoms with E-state index < -0.39 is 0 Å². The largest absolute Gasteiger partial charge is 0.483 e. The van der Waals surface area contributed by atoms with Gasteiger partial charge in [-0.05, 0) is 18.3 Å². The Balaban J connectivity index is 0.000000337. The van der Waals surface area contributed by atoms with E-state index in [9.17, 15) is 9.59 Å². The summed E-state index contributed by atoms with van der Waals surface area (Å²) in [6.45, 7) is 5.79. The molecule has 0 spiro atoms. The van der Waals surface area contributed by atoms with Crippen molar-refractivity contribution in [2.45, 2.75) is 33.6 Å². The van der Waals surface area contributed by atoms with Gasteiger partial charge in [0.2, 0.25) is 11.6 Å². The SMILES string of the molecule is CC12CCC(C(=O)C1=O)C2(C)C.O=CO. The number of ketones is 2. The highest BCUT2D eigenvalue weighted by Gasteiger charge is 2.66. The molecular weight excluding hydrogens is 196 g/mol. The van der Waals surface area contributed by atoms with Gasteiger partial charge in [-0.3, -0.25) is 14.4 Å². The van der Waals surface area contributed by atoms with Crippen molar-refractivity contribution in [3.63, 3.8) is 0 Å². The van der Waals surface area contributed by atoms with E-state index in [0.29, 0.717) is 0 Å². The highest BCUT2D eigenvalue weighted by molar-refractivity contribution is 6.43. The standard InChI is InChI=1S/C10H14O2.CH2O2/c1-9(2)6-4-5-10(9,3)8(12)7(6)11;2-1-3/h6H,4-5H2,1-3H3;1H,(H,2,3). The van der Waals surface area contributed by atoms with Crippen molar-refractivity contribution < 1.29 is 19.5 Å². The van der Waals surface area contributed by atoms with Gasteiger partial charge in [-0.2, -0.15) is 0 Å². The minimum absolute atomic E-state index is 0.00926. The van der Waals surface area contributed by atoms with Gasteiger partial charge in [0.05, 0.1) is 0 Å². The van der Waals surface area contributed by atoms with Crippen LogP contribution in [0.5, 0.6) is 0 Å². The van der Waals surface area contributed by atoms with E-state index >= 15 is 0 Å². The quantitative estimate of drug-likeness (QED) is 0.485. The molecule has 2 bridgehead atoms. The fraction of sp³-hybridized carbons (Fsp3) is 0.727. The molecule has 2 rings (SSSR count). The van der Waals surface area contributed by atoms with Crippen molar-refractivity contribution >= 4 is 18.0 Å². The molecule has 0 aromatic rings. The Hall–Kier alpha value is -1.19. The maximum atomic E-state index is 11.6. The smallest absolute Gasteiger partial charge is 0.290 e. The molecule has 2 fully saturated rings. The van der Waals surface area contributed by atoms with Crippen molar-refractivity contribution in [1.29, 1.82) is 0 Å². The Kier molecular flexibility index (Phi) is 2.72. The minimum atomic E-state index is -0.352. The van der Waals surface area contributed by atoms with Crippen molar-refractivity contribution in [2.75, 3.05) is 0 Å². The number of Topliss-reactive ketones (excluding diaryl/α,β-unsaturated/α-hetero) is 2. The lowest BCUT2D eigenvalue weighted by molar-refractivity contribution is -0.141. The van der Waals surface area contributed by atoms with Crippen LogP contribution in [-0.2, 0) is 14.4 Å². The fourth-order valence-corrected chi connectivity index (χ4v) is 2.80. The van der Waals surface area contributed by atoms with Gasteiger partial charge in [0.15, 0.2) is 0 Å². The first-order valence-corrected chi connectivity index (χ1v) is 4.99. The van der Waals surface area contributed by atoms with Gasteiger partial charge in [0, 0.05) is 11.3 Å². The number of hydrogen-bond acceptors (Lipinski definition) is 3. The van der Waals surface area contributed by atoms with E-state index in [2.05, 4.69) is 0 Å². The second kappa shape index (κ2) is 3.43. The van der Waals surface area contributed by atoms with Crippen molar-refractivity contribution in [3.8, 4) is 0 Å². The van der Waals surface area contributed by atoms with E-state index in [1.54, 1.807) is 0 Å². The fourth-order valence-electron chi connectivity index (χ4n) is 2.80. The third-order valence-corrected chi connectivity index (χ3v) is 4.27. The summed E-state index contributed by atoms with van der Waals surface area (Å²) in [5.41, 5.74) is -0.448. The van der Waals surface area contributed by atoms with Crippen molar-refractivity contribution in [3.05, 3.63) is 0 Å². The van der Waals surface area contributed by atoms with Crippen LogP contribution < -0.4 is 0 Å². The zero-order chi connectivity index (χ0) is 11.9. The third kappa shape index (κ3) is 1.31. The summed E-state index contributed by atoms with van der Waals surface area (Å²) in [7, 11) is 0. The molecule has 4 nitrogen and oxygen atoms in total. The Bertz CT molecular complexity index is 319. The van der Waals surface area contributed by atoms with Gasteiger partial charge >= 0.3 is 0 Å². The molecule has 2 unspecified atom stereocenters. The van der Waals surface area contributed by atoms with E-state index in [0.717, 1.165) is 12.8 Å². The van der Waals surface area contributed by atoms with Crippen LogP contribution in [0.4, 0.5) is 0 Å². The van der Waals surface area contributed by atoms with Gasteiger partial charge < -0.3 is 5.11 Å². The van der Waals surface area contributed by atoms with Crippen LogP contribution in [0.2, 0.25) is 0 Å². The van der Waals surface area contributed by atoms with Gasteiger partial charge in [0.25, 0.3) is 6.47 Å². The van der Waals surface area contributed by atoms with Crippen LogP contribution in [0.25, 0.3) is 0 Å². The zero-order valence-electron chi connectivity index (χ0n) is 9.24. The molecule has 4 heteroatoms. The van der Waals surface area contributed by atoms with Crippen LogP contribution >= 0.6 is 0 Å². The number of hydrogen-bond donors (Lipinski definition) is 1. The summed E-state index contributed by atoms with van der Waals surface area (Å²) in [4.78, 5) is 31.4. The van der Waals surface area contributed by atoms with Crippen LogP contribution in [0.3, 0.4) is 0 Å². The summed E-state index contributed by atoms with van der Waals surface area (Å²) in [5.74, 6) is -0.229. The maximum absolute atomic E-state index is 11.6. The molecule has 2 saturated carbocycles. The Morgan fingerprint density at radius 2 is 1.80 bits per heavy atom. The summed E-state index contributed by atoms with van der Waals surface area (Å²) >= 11 is 0. The first-order valence-electron chi connectivity index (χ1n) is 4.99. The molecule has 0 amide bonds. The highest BCUT2D eigenvalue weighted by Crippen LogP contribution is 2.61. The third-order valence-electron chi connectivity index (χ3n) is 4.27. The number of rotatable bonds is 0. The summed E-state index contributed by atoms with van der Waals surface area (Å²) in [6, 6.07) is 0. The number of fused-ring (bicyclic) bond motifs is 2. The Labute approximate surface area is 88.7 Å². The molecular formula is C11H16O4. The molecule has 1 N–H and O–H groups in total. The van der Waals surface area contributed by atoms with E-state index in [1.165, 1.54) is 0 Å². The number of carbonyl (C=O) groups excluding carboxylic acids is 2. The molecule has 15 heavy (non-hydrogen) atoms. The normalized spacial score (nSPS) is 36.1. The van der Waals surface area contributed by atoms with Crippen LogP contribution in [0.15, 0.2) is 0 Å². The first kappa shape index (κ1) is 11.9. The van der Waals surface area contributed by atoms with E-state index in [-0.39, 0.29) is 34.8 Å². The monoisotopic (exact) mass is 212 g/mol. The van der Waals surface area contributed by atoms with Crippen LogP contribution in [0.1, 0.15) is 33.6 Å². The summed E-state index contributed by atoms with van der Waals surface area (Å²) < 4.78 is 0. The molecule has 0 aliphatic heterocycles. The van der Waals surface area contributed by atoms with Gasteiger partial charge in [-0.15, -0.1) is 0 Å². The van der Waals surface area contributed by atoms with Gasteiger partial charge in [0.1, 0.15) is 0 Å². The molecule has 84 valence electrons. The van der Waals surface area contributed by atoms with Crippen LogP contribution in [-0.4, -0.2) is 23.1 Å². The topological polar surface area (TPSA) is 71.4 Å². The number of carbonyl (C=O) groups is 3. The van der Waals surface area contributed by atoms with Crippen molar-refractivity contribution in [1.82, 2.24) is 0 Å². The van der Waals surface area contributed by atoms with Crippen LogP contribution in [0, 0.1) is 16.7 Å². The maximum Gasteiger partial charge on any atom is 0.290 e. The highest BCUT2D eigenvalue weighted by atomic mass is 16.3. The molecule has 2 aliphatic rings. The zero-order valence-corrected chi connectivity index (χ0v) is 9.24. The van der Waals surface area contributed by atoms with Gasteiger partial charge in [-0.1, -0.05) is 20.8 Å². The summed E-state index contributed by atoms with van der Waals surface area (Å²) in [6.07, 6.45) is 1.81. The predicted octanol–water partition coefficient (Wildman–Crippen LogP) is 1.28.